The van der Waals surface area contributed by atoms with Gasteiger partial charge in [0.1, 0.15) is 13.2 Å². The molecule has 0 saturated heterocycles. The van der Waals surface area contributed by atoms with E-state index in [-0.39, 0.29) is 31.1 Å². The zero-order valence-corrected chi connectivity index (χ0v) is 48.7. The Bertz CT molecular complexity index is 1310. The minimum Gasteiger partial charge on any atom is -0.462 e. The predicted molar refractivity (Wildman–Crippen MR) is 316 cm³/mol. The van der Waals surface area contributed by atoms with E-state index in [0.717, 1.165) is 89.9 Å². The highest BCUT2D eigenvalue weighted by molar-refractivity contribution is 5.71. The van der Waals surface area contributed by atoms with E-state index in [9.17, 15) is 14.4 Å². The molecule has 6 heteroatoms. The molecule has 0 rings (SSSR count). The standard InChI is InChI=1S/C67H120O6/c1-4-7-10-13-16-19-22-25-28-31-32-33-34-35-36-37-40-42-45-48-51-54-57-60-66(69)72-63-64(73-67(70)61-58-55-52-49-46-43-39-30-27-24-21-18-15-12-9-6-3)62-71-65(68)59-56-53-50-47-44-41-38-29-26-23-20-17-14-11-8-5-2/h7,10,16,19,25,28,30,32-33,39,64H,4-6,8-9,11-15,17-18,20-24,26-27,29,31,34-38,40-63H2,1-3H3/b10-7-,19-16-,28-25-,33-32-,39-30-. The largest absolute Gasteiger partial charge is 0.462 e. The molecule has 0 saturated carbocycles. The van der Waals surface area contributed by atoms with E-state index >= 15 is 0 Å². The van der Waals surface area contributed by atoms with Crippen LogP contribution in [0, 0.1) is 0 Å². The molecule has 0 aliphatic rings. The summed E-state index contributed by atoms with van der Waals surface area (Å²) in [5, 5.41) is 0. The third kappa shape index (κ3) is 59.9. The molecule has 0 bridgehead atoms. The molecule has 0 fully saturated rings. The van der Waals surface area contributed by atoms with Gasteiger partial charge in [0.25, 0.3) is 0 Å². The number of rotatable bonds is 58. The molecule has 0 aromatic carbocycles. The summed E-state index contributed by atoms with van der Waals surface area (Å²) in [6, 6.07) is 0. The number of ether oxygens (including phenoxy) is 3. The van der Waals surface area contributed by atoms with Crippen LogP contribution in [0.5, 0.6) is 0 Å². The number of esters is 3. The highest BCUT2D eigenvalue weighted by Crippen LogP contribution is 2.17. The van der Waals surface area contributed by atoms with E-state index < -0.39 is 6.10 Å². The van der Waals surface area contributed by atoms with E-state index in [2.05, 4.69) is 81.5 Å². The van der Waals surface area contributed by atoms with Crippen LogP contribution in [0.25, 0.3) is 0 Å². The molecule has 424 valence electrons. The van der Waals surface area contributed by atoms with Gasteiger partial charge in [0.2, 0.25) is 0 Å². The zero-order valence-electron chi connectivity index (χ0n) is 48.7. The average molecular weight is 1020 g/mol. The minimum atomic E-state index is -0.779. The van der Waals surface area contributed by atoms with Gasteiger partial charge in [0, 0.05) is 19.3 Å². The van der Waals surface area contributed by atoms with Crippen LogP contribution >= 0.6 is 0 Å². The lowest BCUT2D eigenvalue weighted by atomic mass is 10.0. The number of carbonyl (C=O) groups excluding carboxylic acids is 3. The van der Waals surface area contributed by atoms with Crippen LogP contribution in [-0.2, 0) is 28.6 Å². The third-order valence-corrected chi connectivity index (χ3v) is 14.0. The van der Waals surface area contributed by atoms with Crippen molar-refractivity contribution >= 4 is 17.9 Å². The molecule has 73 heavy (non-hydrogen) atoms. The van der Waals surface area contributed by atoms with Crippen molar-refractivity contribution in [2.45, 2.75) is 335 Å². The predicted octanol–water partition coefficient (Wildman–Crippen LogP) is 21.6. The van der Waals surface area contributed by atoms with Crippen LogP contribution in [0.2, 0.25) is 0 Å². The second-order valence-electron chi connectivity index (χ2n) is 21.3. The lowest BCUT2D eigenvalue weighted by molar-refractivity contribution is -0.167. The molecule has 0 aliphatic heterocycles. The Morgan fingerprint density at radius 3 is 0.849 bits per heavy atom. The number of allylic oxidation sites excluding steroid dienone is 10. The van der Waals surface area contributed by atoms with Gasteiger partial charge in [-0.1, -0.05) is 287 Å². The maximum absolute atomic E-state index is 12.9. The molecule has 1 unspecified atom stereocenters. The normalized spacial score (nSPS) is 12.4. The number of carbonyl (C=O) groups is 3. The van der Waals surface area contributed by atoms with Gasteiger partial charge in [-0.2, -0.15) is 0 Å². The summed E-state index contributed by atoms with van der Waals surface area (Å²) in [5.41, 5.74) is 0. The Morgan fingerprint density at radius 2 is 0.534 bits per heavy atom. The Balaban J connectivity index is 4.33. The van der Waals surface area contributed by atoms with Gasteiger partial charge in [-0.15, -0.1) is 0 Å². The molecule has 0 aromatic rings. The summed E-state index contributed by atoms with van der Waals surface area (Å²) in [6.45, 7) is 6.56. The van der Waals surface area contributed by atoms with Gasteiger partial charge in [-0.3, -0.25) is 14.4 Å². The molecule has 0 amide bonds. The number of unbranched alkanes of at least 4 members (excludes halogenated alkanes) is 37. The highest BCUT2D eigenvalue weighted by Gasteiger charge is 2.19. The topological polar surface area (TPSA) is 78.9 Å². The van der Waals surface area contributed by atoms with Crippen molar-refractivity contribution in [2.24, 2.45) is 0 Å². The average Bonchev–Trinajstić information content (AvgIpc) is 3.39. The quantitative estimate of drug-likeness (QED) is 0.0261. The monoisotopic (exact) mass is 1020 g/mol. The van der Waals surface area contributed by atoms with E-state index in [1.807, 2.05) is 0 Å². The zero-order chi connectivity index (χ0) is 52.9. The molecule has 1 atom stereocenters. The van der Waals surface area contributed by atoms with Gasteiger partial charge < -0.3 is 14.2 Å². The molecular formula is C67H120O6. The summed E-state index contributed by atoms with van der Waals surface area (Å²) in [4.78, 5) is 38.3. The van der Waals surface area contributed by atoms with E-state index in [1.165, 1.54) is 199 Å². The first-order valence-electron chi connectivity index (χ1n) is 31.8. The molecule has 0 spiro atoms. The van der Waals surface area contributed by atoms with Gasteiger partial charge >= 0.3 is 17.9 Å². The Kier molecular flexibility index (Phi) is 59.2. The maximum Gasteiger partial charge on any atom is 0.306 e. The van der Waals surface area contributed by atoms with Gasteiger partial charge in [0.15, 0.2) is 6.10 Å². The molecule has 0 aliphatic carbocycles. The fraction of sp³-hybridized carbons (Fsp3) is 0.806. The summed E-state index contributed by atoms with van der Waals surface area (Å²) in [5.74, 6) is -0.869. The van der Waals surface area contributed by atoms with Gasteiger partial charge in [0.05, 0.1) is 0 Å². The van der Waals surface area contributed by atoms with Crippen LogP contribution in [0.3, 0.4) is 0 Å². The van der Waals surface area contributed by atoms with E-state index in [1.54, 1.807) is 0 Å². The molecule has 0 aromatic heterocycles. The summed E-state index contributed by atoms with van der Waals surface area (Å²) in [7, 11) is 0. The fourth-order valence-corrected chi connectivity index (χ4v) is 9.25. The lowest BCUT2D eigenvalue weighted by Gasteiger charge is -2.18. The Morgan fingerprint density at radius 1 is 0.288 bits per heavy atom. The highest BCUT2D eigenvalue weighted by atomic mass is 16.6. The van der Waals surface area contributed by atoms with Gasteiger partial charge in [-0.25, -0.2) is 0 Å². The first-order chi connectivity index (χ1) is 36.0. The van der Waals surface area contributed by atoms with E-state index in [4.69, 9.17) is 14.2 Å². The summed E-state index contributed by atoms with van der Waals surface area (Å²) in [6.07, 6.45) is 77.9. The van der Waals surface area contributed by atoms with Gasteiger partial charge in [-0.05, 0) is 83.5 Å². The molecule has 0 N–H and O–H groups in total. The molecule has 6 nitrogen and oxygen atoms in total. The minimum absolute atomic E-state index is 0.0749. The van der Waals surface area contributed by atoms with E-state index in [0.29, 0.717) is 19.3 Å². The maximum atomic E-state index is 12.9. The third-order valence-electron chi connectivity index (χ3n) is 14.0. The van der Waals surface area contributed by atoms with Crippen LogP contribution in [0.1, 0.15) is 329 Å². The summed E-state index contributed by atoms with van der Waals surface area (Å²) < 4.78 is 16.9. The molecule has 0 radical (unpaired) electrons. The first kappa shape index (κ1) is 70.1. The van der Waals surface area contributed by atoms with Crippen molar-refractivity contribution in [3.8, 4) is 0 Å². The smallest absolute Gasteiger partial charge is 0.306 e. The van der Waals surface area contributed by atoms with Crippen LogP contribution in [0.15, 0.2) is 60.8 Å². The number of hydrogen-bond donors (Lipinski definition) is 0. The SMILES string of the molecule is CC/C=C\C/C=C\C/C=C\C/C=C\CCCCCCCCCCCCC(=O)OCC(COC(=O)CCCCCCCCCCCCCCCCCC)OC(=O)CCCCCCC/C=C\CCCCCCCCC. The fourth-order valence-electron chi connectivity index (χ4n) is 9.25. The second kappa shape index (κ2) is 61.7. The van der Waals surface area contributed by atoms with Crippen molar-refractivity contribution in [2.75, 3.05) is 13.2 Å². The Labute approximate surface area is 453 Å². The Hall–Kier alpha value is -2.89. The first-order valence-corrected chi connectivity index (χ1v) is 31.8. The van der Waals surface area contributed by atoms with Crippen LogP contribution in [-0.4, -0.2) is 37.2 Å². The second-order valence-corrected chi connectivity index (χ2v) is 21.3. The van der Waals surface area contributed by atoms with Crippen molar-refractivity contribution in [3.63, 3.8) is 0 Å². The lowest BCUT2D eigenvalue weighted by Crippen LogP contribution is -2.30. The summed E-state index contributed by atoms with van der Waals surface area (Å²) >= 11 is 0. The molecular weight excluding hydrogens is 901 g/mol. The van der Waals surface area contributed by atoms with Crippen molar-refractivity contribution in [1.82, 2.24) is 0 Å². The van der Waals surface area contributed by atoms with Crippen LogP contribution < -0.4 is 0 Å². The van der Waals surface area contributed by atoms with Crippen molar-refractivity contribution < 1.29 is 28.6 Å². The van der Waals surface area contributed by atoms with Crippen molar-refractivity contribution in [1.29, 1.82) is 0 Å². The van der Waals surface area contributed by atoms with Crippen molar-refractivity contribution in [3.05, 3.63) is 60.8 Å². The van der Waals surface area contributed by atoms with Crippen LogP contribution in [0.4, 0.5) is 0 Å². The molecule has 0 heterocycles. The number of hydrogen-bond acceptors (Lipinski definition) is 6.